The molecule has 0 bridgehead atoms. The molecule has 78 valence electrons. The van der Waals surface area contributed by atoms with Gasteiger partial charge >= 0.3 is 0 Å². The Labute approximate surface area is 98.0 Å². The largest absolute Gasteiger partial charge is 0.264 e. The molecular weight excluding hydrogens is 193 g/mol. The van der Waals surface area contributed by atoms with Crippen LogP contribution >= 0.6 is 0 Å². The molecule has 0 unspecified atom stereocenters. The van der Waals surface area contributed by atoms with Crippen LogP contribution in [0.1, 0.15) is 16.7 Å². The summed E-state index contributed by atoms with van der Waals surface area (Å²) in [5.41, 5.74) is 6.75. The number of hydrogen-bond acceptors (Lipinski definition) is 1. The lowest BCUT2D eigenvalue weighted by Crippen LogP contribution is -2.14. The van der Waals surface area contributed by atoms with Crippen molar-refractivity contribution in [2.24, 2.45) is 0 Å². The smallest absolute Gasteiger partial charge is 0.114 e. The minimum absolute atomic E-state index is 0.879. The number of benzene rings is 1. The molecule has 0 aliphatic rings. The molecular formula is C14H14BN. The van der Waals surface area contributed by atoms with Crippen molar-refractivity contribution >= 4 is 13.3 Å². The Balaban J connectivity index is 2.71. The molecule has 0 N–H and O–H groups in total. The first-order chi connectivity index (χ1) is 7.61. The molecule has 0 atom stereocenters. The summed E-state index contributed by atoms with van der Waals surface area (Å²) in [7, 11) is 6.07. The summed E-state index contributed by atoms with van der Waals surface area (Å²) in [4.78, 5) is 4.15. The van der Waals surface area contributed by atoms with E-state index >= 15 is 0 Å². The molecule has 2 rings (SSSR count). The molecule has 0 aliphatic heterocycles. The van der Waals surface area contributed by atoms with Gasteiger partial charge in [-0.1, -0.05) is 23.2 Å². The van der Waals surface area contributed by atoms with Gasteiger partial charge < -0.3 is 0 Å². The summed E-state index contributed by atoms with van der Waals surface area (Å²) in [6.45, 7) is 6.22. The maximum atomic E-state index is 6.07. The zero-order valence-corrected chi connectivity index (χ0v) is 9.91. The Morgan fingerprint density at radius 1 is 1.12 bits per heavy atom. The van der Waals surface area contributed by atoms with Crippen LogP contribution in [0.2, 0.25) is 0 Å². The van der Waals surface area contributed by atoms with Gasteiger partial charge in [0.05, 0.1) is 0 Å². The lowest BCUT2D eigenvalue weighted by Gasteiger charge is -2.15. The Morgan fingerprint density at radius 3 is 2.50 bits per heavy atom. The van der Waals surface area contributed by atoms with E-state index in [0.717, 1.165) is 22.2 Å². The van der Waals surface area contributed by atoms with E-state index in [-0.39, 0.29) is 0 Å². The summed E-state index contributed by atoms with van der Waals surface area (Å²) >= 11 is 0. The van der Waals surface area contributed by atoms with Gasteiger partial charge in [0.2, 0.25) is 0 Å². The maximum absolute atomic E-state index is 6.07. The fraction of sp³-hybridized carbons (Fsp3) is 0.214. The Morgan fingerprint density at radius 2 is 1.88 bits per heavy atom. The summed E-state index contributed by atoms with van der Waals surface area (Å²) < 4.78 is 0. The number of nitrogens with zero attached hydrogens (tertiary/aromatic N) is 1. The molecule has 16 heavy (non-hydrogen) atoms. The van der Waals surface area contributed by atoms with Crippen molar-refractivity contribution in [3.8, 4) is 11.1 Å². The molecule has 1 aromatic heterocycles. The second-order valence-electron chi connectivity index (χ2n) is 4.17. The molecule has 0 saturated heterocycles. The number of hydrogen-bond donors (Lipinski definition) is 0. The molecule has 0 amide bonds. The third kappa shape index (κ3) is 1.76. The lowest BCUT2D eigenvalue weighted by atomic mass is 9.81. The predicted octanol–water partition coefficient (Wildman–Crippen LogP) is 2.47. The van der Waals surface area contributed by atoms with Crippen LogP contribution in [0.25, 0.3) is 11.1 Å². The summed E-state index contributed by atoms with van der Waals surface area (Å²) in [6, 6.07) is 6.14. The topological polar surface area (TPSA) is 12.9 Å². The van der Waals surface area contributed by atoms with Gasteiger partial charge in [0.25, 0.3) is 0 Å². The van der Waals surface area contributed by atoms with E-state index in [2.05, 4.69) is 31.0 Å². The van der Waals surface area contributed by atoms with Gasteiger partial charge in [0.1, 0.15) is 7.85 Å². The Bertz CT molecular complexity index is 518. The molecule has 1 heterocycles. The SMILES string of the molecule is [B]c1c(C)cc(C)c(-c2cccnc2)c1C. The van der Waals surface area contributed by atoms with E-state index in [4.69, 9.17) is 7.85 Å². The van der Waals surface area contributed by atoms with E-state index < -0.39 is 0 Å². The normalized spacial score (nSPS) is 10.4. The molecule has 2 aromatic rings. The molecule has 0 spiro atoms. The second kappa shape index (κ2) is 4.13. The Hall–Kier alpha value is -1.57. The fourth-order valence-electron chi connectivity index (χ4n) is 2.16. The van der Waals surface area contributed by atoms with Gasteiger partial charge in [-0.15, -0.1) is 0 Å². The first kappa shape index (κ1) is 10.9. The van der Waals surface area contributed by atoms with E-state index in [1.165, 1.54) is 11.1 Å². The van der Waals surface area contributed by atoms with Gasteiger partial charge in [-0.25, -0.2) is 0 Å². The summed E-state index contributed by atoms with van der Waals surface area (Å²) in [6.07, 6.45) is 3.66. The van der Waals surface area contributed by atoms with Crippen LogP contribution in [0.5, 0.6) is 0 Å². The second-order valence-corrected chi connectivity index (χ2v) is 4.17. The third-order valence-electron chi connectivity index (χ3n) is 2.98. The first-order valence-electron chi connectivity index (χ1n) is 5.38. The highest BCUT2D eigenvalue weighted by molar-refractivity contribution is 6.34. The van der Waals surface area contributed by atoms with Crippen molar-refractivity contribution in [3.63, 3.8) is 0 Å². The maximum Gasteiger partial charge on any atom is 0.114 e. The fourth-order valence-corrected chi connectivity index (χ4v) is 2.16. The number of pyridine rings is 1. The van der Waals surface area contributed by atoms with Crippen LogP contribution in [0.15, 0.2) is 30.6 Å². The van der Waals surface area contributed by atoms with E-state index in [1.807, 2.05) is 19.2 Å². The quantitative estimate of drug-likeness (QED) is 0.654. The third-order valence-corrected chi connectivity index (χ3v) is 2.98. The molecule has 1 nitrogen and oxygen atoms in total. The van der Waals surface area contributed by atoms with Gasteiger partial charge in [0, 0.05) is 18.0 Å². The van der Waals surface area contributed by atoms with Crippen molar-refractivity contribution in [1.29, 1.82) is 0 Å². The number of aromatic nitrogens is 1. The number of aryl methyl sites for hydroxylation is 2. The molecule has 2 heteroatoms. The van der Waals surface area contributed by atoms with E-state index in [9.17, 15) is 0 Å². The van der Waals surface area contributed by atoms with Gasteiger partial charge in [-0.3, -0.25) is 4.98 Å². The average Bonchev–Trinajstić information content (AvgIpc) is 2.28. The summed E-state index contributed by atoms with van der Waals surface area (Å²) in [5, 5.41) is 0. The standard InChI is InChI=1S/C14H14BN/c1-9-7-10(2)14(15)11(3)13(9)12-5-4-6-16-8-12/h4-8H,1-3H3. The summed E-state index contributed by atoms with van der Waals surface area (Å²) in [5.74, 6) is 0. The monoisotopic (exact) mass is 207 g/mol. The molecule has 1 aromatic carbocycles. The van der Waals surface area contributed by atoms with Gasteiger partial charge in [-0.2, -0.15) is 0 Å². The zero-order chi connectivity index (χ0) is 11.7. The average molecular weight is 207 g/mol. The van der Waals surface area contributed by atoms with Crippen molar-refractivity contribution < 1.29 is 0 Å². The predicted molar refractivity (Wildman–Crippen MR) is 69.3 cm³/mol. The van der Waals surface area contributed by atoms with Crippen LogP contribution in [-0.4, -0.2) is 12.8 Å². The molecule has 0 aliphatic carbocycles. The van der Waals surface area contributed by atoms with E-state index in [0.29, 0.717) is 0 Å². The van der Waals surface area contributed by atoms with Crippen LogP contribution in [-0.2, 0) is 0 Å². The van der Waals surface area contributed by atoms with Crippen molar-refractivity contribution in [1.82, 2.24) is 4.98 Å². The minimum atomic E-state index is 0.879. The highest BCUT2D eigenvalue weighted by atomic mass is 14.6. The van der Waals surface area contributed by atoms with Crippen molar-refractivity contribution in [2.45, 2.75) is 20.8 Å². The van der Waals surface area contributed by atoms with Crippen molar-refractivity contribution in [3.05, 3.63) is 47.3 Å². The zero-order valence-electron chi connectivity index (χ0n) is 9.91. The van der Waals surface area contributed by atoms with Gasteiger partial charge in [0.15, 0.2) is 0 Å². The van der Waals surface area contributed by atoms with Gasteiger partial charge in [-0.05, 0) is 43.5 Å². The lowest BCUT2D eigenvalue weighted by molar-refractivity contribution is 1.30. The van der Waals surface area contributed by atoms with Crippen molar-refractivity contribution in [2.75, 3.05) is 0 Å². The van der Waals surface area contributed by atoms with Crippen LogP contribution < -0.4 is 5.46 Å². The first-order valence-corrected chi connectivity index (χ1v) is 5.38. The molecule has 0 saturated carbocycles. The highest BCUT2D eigenvalue weighted by Crippen LogP contribution is 2.25. The van der Waals surface area contributed by atoms with E-state index in [1.54, 1.807) is 6.20 Å². The van der Waals surface area contributed by atoms with Crippen LogP contribution in [0.3, 0.4) is 0 Å². The number of rotatable bonds is 1. The highest BCUT2D eigenvalue weighted by Gasteiger charge is 2.09. The van der Waals surface area contributed by atoms with Crippen LogP contribution in [0, 0.1) is 20.8 Å². The Kier molecular flexibility index (Phi) is 2.82. The molecule has 0 fully saturated rings. The van der Waals surface area contributed by atoms with Crippen LogP contribution in [0.4, 0.5) is 0 Å². The molecule has 2 radical (unpaired) electrons. The minimum Gasteiger partial charge on any atom is -0.264 e.